The number of rotatable bonds is 1. The van der Waals surface area contributed by atoms with Crippen molar-refractivity contribution in [3.63, 3.8) is 0 Å². The Hall–Kier alpha value is -1.58. The molecular weight excluding hydrogens is 202 g/mol. The highest BCUT2D eigenvalue weighted by Gasteiger charge is 2.20. The average molecular weight is 217 g/mol. The summed E-state index contributed by atoms with van der Waals surface area (Å²) in [5.74, 6) is 1.77. The van der Waals surface area contributed by atoms with Crippen LogP contribution >= 0.6 is 0 Å². The van der Waals surface area contributed by atoms with E-state index in [0.29, 0.717) is 0 Å². The lowest BCUT2D eigenvalue weighted by Gasteiger charge is -2.30. The maximum atomic E-state index is 5.46. The van der Waals surface area contributed by atoms with Gasteiger partial charge in [-0.25, -0.2) is 9.97 Å². The molecule has 0 aromatic carbocycles. The molecule has 0 aliphatic carbocycles. The van der Waals surface area contributed by atoms with Gasteiger partial charge >= 0.3 is 0 Å². The molecule has 0 bridgehead atoms. The highest BCUT2D eigenvalue weighted by Crippen LogP contribution is 2.27. The predicted molar refractivity (Wildman–Crippen MR) is 62.4 cm³/mol. The van der Waals surface area contributed by atoms with E-state index >= 15 is 0 Å². The summed E-state index contributed by atoms with van der Waals surface area (Å²) in [4.78, 5) is 10.8. The van der Waals surface area contributed by atoms with Gasteiger partial charge in [-0.3, -0.25) is 0 Å². The van der Waals surface area contributed by atoms with Crippen molar-refractivity contribution in [3.8, 4) is 0 Å². The van der Waals surface area contributed by atoms with Gasteiger partial charge in [0.2, 0.25) is 0 Å². The molecule has 0 amide bonds. The van der Waals surface area contributed by atoms with Crippen molar-refractivity contribution in [2.75, 3.05) is 18.0 Å². The third kappa shape index (κ3) is 1.54. The molecule has 1 aliphatic rings. The van der Waals surface area contributed by atoms with E-state index in [9.17, 15) is 0 Å². The summed E-state index contributed by atoms with van der Waals surface area (Å²) in [5, 5.41) is 0. The highest BCUT2D eigenvalue weighted by atomic mass is 16.3. The number of anilines is 1. The van der Waals surface area contributed by atoms with Crippen LogP contribution in [0.4, 0.5) is 5.82 Å². The Morgan fingerprint density at radius 1 is 1.31 bits per heavy atom. The van der Waals surface area contributed by atoms with Crippen LogP contribution in [0, 0.1) is 5.92 Å². The Kier molecular flexibility index (Phi) is 2.27. The number of hydrogen-bond acceptors (Lipinski definition) is 4. The first-order valence-corrected chi connectivity index (χ1v) is 5.78. The van der Waals surface area contributed by atoms with Gasteiger partial charge in [0, 0.05) is 19.2 Å². The number of fused-ring (bicyclic) bond motifs is 1. The maximum absolute atomic E-state index is 5.46. The number of piperidine rings is 1. The molecule has 1 aliphatic heterocycles. The van der Waals surface area contributed by atoms with E-state index in [0.717, 1.165) is 35.9 Å². The molecule has 2 aromatic heterocycles. The maximum Gasteiger partial charge on any atom is 0.194 e. The normalized spacial score (nSPS) is 18.2. The minimum Gasteiger partial charge on any atom is -0.459 e. The Bertz CT molecular complexity index is 486. The van der Waals surface area contributed by atoms with E-state index in [4.69, 9.17) is 4.42 Å². The first-order valence-electron chi connectivity index (χ1n) is 5.78. The fraction of sp³-hybridized carbons (Fsp3) is 0.500. The topological polar surface area (TPSA) is 42.2 Å². The molecule has 1 saturated heterocycles. The van der Waals surface area contributed by atoms with Crippen LogP contribution in [0.2, 0.25) is 0 Å². The summed E-state index contributed by atoms with van der Waals surface area (Å²) in [6.07, 6.45) is 5.75. The lowest BCUT2D eigenvalue weighted by atomic mass is 9.99. The fourth-order valence-corrected chi connectivity index (χ4v) is 2.22. The van der Waals surface area contributed by atoms with E-state index in [1.54, 1.807) is 12.6 Å². The van der Waals surface area contributed by atoms with Gasteiger partial charge in [0.1, 0.15) is 11.8 Å². The van der Waals surface area contributed by atoms with Crippen molar-refractivity contribution in [1.82, 2.24) is 9.97 Å². The summed E-state index contributed by atoms with van der Waals surface area (Å²) in [6.45, 7) is 4.43. The zero-order valence-electron chi connectivity index (χ0n) is 9.39. The van der Waals surface area contributed by atoms with Gasteiger partial charge in [-0.05, 0) is 18.8 Å². The van der Waals surface area contributed by atoms with Crippen molar-refractivity contribution in [2.24, 2.45) is 5.92 Å². The first kappa shape index (κ1) is 9.63. The van der Waals surface area contributed by atoms with Crippen molar-refractivity contribution in [1.29, 1.82) is 0 Å². The van der Waals surface area contributed by atoms with Gasteiger partial charge in [-0.1, -0.05) is 6.92 Å². The Morgan fingerprint density at radius 2 is 2.12 bits per heavy atom. The van der Waals surface area contributed by atoms with E-state index < -0.39 is 0 Å². The number of hydrogen-bond donors (Lipinski definition) is 0. The summed E-state index contributed by atoms with van der Waals surface area (Å²) in [6, 6.07) is 1.88. The van der Waals surface area contributed by atoms with Gasteiger partial charge in [0.15, 0.2) is 11.4 Å². The standard InChI is InChI=1S/C12H15N3O/c1-9-2-5-15(6-3-9)12-11-10(4-7-16-11)13-8-14-12/h4,7-9H,2-3,5-6H2,1H3. The van der Waals surface area contributed by atoms with Gasteiger partial charge in [-0.15, -0.1) is 0 Å². The number of aromatic nitrogens is 2. The Morgan fingerprint density at radius 3 is 2.94 bits per heavy atom. The summed E-state index contributed by atoms with van der Waals surface area (Å²) < 4.78 is 5.46. The monoisotopic (exact) mass is 217 g/mol. The third-order valence-corrected chi connectivity index (χ3v) is 3.31. The van der Waals surface area contributed by atoms with Crippen LogP contribution in [-0.2, 0) is 0 Å². The molecule has 0 saturated carbocycles. The molecule has 3 heterocycles. The summed E-state index contributed by atoms with van der Waals surface area (Å²) >= 11 is 0. The van der Waals surface area contributed by atoms with Crippen LogP contribution in [0.1, 0.15) is 19.8 Å². The molecular formula is C12H15N3O. The van der Waals surface area contributed by atoms with E-state index in [1.807, 2.05) is 6.07 Å². The molecule has 3 rings (SSSR count). The zero-order chi connectivity index (χ0) is 11.0. The van der Waals surface area contributed by atoms with E-state index in [1.165, 1.54) is 12.8 Å². The Balaban J connectivity index is 1.96. The quantitative estimate of drug-likeness (QED) is 0.735. The van der Waals surface area contributed by atoms with Crippen LogP contribution in [0.15, 0.2) is 23.1 Å². The molecule has 0 atom stereocenters. The largest absolute Gasteiger partial charge is 0.459 e. The van der Waals surface area contributed by atoms with Crippen molar-refractivity contribution < 1.29 is 4.42 Å². The van der Waals surface area contributed by atoms with Crippen LogP contribution in [-0.4, -0.2) is 23.1 Å². The second-order valence-corrected chi connectivity index (χ2v) is 4.50. The fourth-order valence-electron chi connectivity index (χ4n) is 2.22. The van der Waals surface area contributed by atoms with Crippen LogP contribution < -0.4 is 4.90 Å². The minimum atomic E-state index is 0.817. The molecule has 0 spiro atoms. The van der Waals surface area contributed by atoms with Crippen LogP contribution in [0.25, 0.3) is 11.1 Å². The molecule has 0 unspecified atom stereocenters. The molecule has 0 N–H and O–H groups in total. The molecule has 4 nitrogen and oxygen atoms in total. The number of furan rings is 1. The smallest absolute Gasteiger partial charge is 0.194 e. The van der Waals surface area contributed by atoms with Crippen LogP contribution in [0.3, 0.4) is 0 Å². The first-order chi connectivity index (χ1) is 7.84. The summed E-state index contributed by atoms with van der Waals surface area (Å²) in [5.41, 5.74) is 1.71. The third-order valence-electron chi connectivity index (χ3n) is 3.31. The molecule has 4 heteroatoms. The molecule has 16 heavy (non-hydrogen) atoms. The second kappa shape index (κ2) is 3.77. The highest BCUT2D eigenvalue weighted by molar-refractivity contribution is 5.83. The molecule has 2 aromatic rings. The second-order valence-electron chi connectivity index (χ2n) is 4.50. The van der Waals surface area contributed by atoms with Gasteiger partial charge in [-0.2, -0.15) is 0 Å². The SMILES string of the molecule is CC1CCN(c2ncnc3ccoc23)CC1. The molecule has 84 valence electrons. The van der Waals surface area contributed by atoms with Crippen molar-refractivity contribution in [3.05, 3.63) is 18.7 Å². The van der Waals surface area contributed by atoms with Crippen molar-refractivity contribution >= 4 is 16.9 Å². The van der Waals surface area contributed by atoms with Gasteiger partial charge in [0.25, 0.3) is 0 Å². The predicted octanol–water partition coefficient (Wildman–Crippen LogP) is 2.46. The lowest BCUT2D eigenvalue weighted by molar-refractivity contribution is 0.436. The number of nitrogens with zero attached hydrogens (tertiary/aromatic N) is 3. The zero-order valence-corrected chi connectivity index (χ0v) is 9.39. The van der Waals surface area contributed by atoms with Crippen LogP contribution in [0.5, 0.6) is 0 Å². The lowest BCUT2D eigenvalue weighted by Crippen LogP contribution is -2.33. The minimum absolute atomic E-state index is 0.817. The van der Waals surface area contributed by atoms with Gasteiger partial charge in [0.05, 0.1) is 6.26 Å². The van der Waals surface area contributed by atoms with Gasteiger partial charge < -0.3 is 9.32 Å². The van der Waals surface area contributed by atoms with E-state index in [-0.39, 0.29) is 0 Å². The molecule has 0 radical (unpaired) electrons. The van der Waals surface area contributed by atoms with E-state index in [2.05, 4.69) is 21.8 Å². The average Bonchev–Trinajstić information content (AvgIpc) is 2.78. The summed E-state index contributed by atoms with van der Waals surface area (Å²) in [7, 11) is 0. The molecule has 1 fully saturated rings. The Labute approximate surface area is 94.3 Å². The van der Waals surface area contributed by atoms with Crippen molar-refractivity contribution in [2.45, 2.75) is 19.8 Å².